The van der Waals surface area contributed by atoms with Crippen LogP contribution >= 0.6 is 0 Å². The molecule has 1 aromatic carbocycles. The van der Waals surface area contributed by atoms with E-state index in [1.54, 1.807) is 6.33 Å². The Bertz CT molecular complexity index is 1320. The molecule has 2 amide bonds. The maximum Gasteiger partial charge on any atom is 0.318 e. The van der Waals surface area contributed by atoms with Crippen LogP contribution in [-0.2, 0) is 7.05 Å². The number of imidazole rings is 1. The lowest BCUT2D eigenvalue weighted by Crippen LogP contribution is -2.51. The number of carbonyl (C=O) groups excluding carboxylic acids is 1. The van der Waals surface area contributed by atoms with Crippen molar-refractivity contribution in [3.63, 3.8) is 0 Å². The van der Waals surface area contributed by atoms with Crippen molar-refractivity contribution < 1.29 is 4.79 Å². The van der Waals surface area contributed by atoms with E-state index in [-0.39, 0.29) is 12.1 Å². The molecule has 3 aliphatic rings. The molecule has 2 N–H and O–H groups in total. The Hall–Kier alpha value is -3.75. The summed E-state index contributed by atoms with van der Waals surface area (Å²) in [4.78, 5) is 33.0. The van der Waals surface area contributed by atoms with Gasteiger partial charge in [0.25, 0.3) is 0 Å². The van der Waals surface area contributed by atoms with E-state index in [1.807, 2.05) is 22.6 Å². The van der Waals surface area contributed by atoms with Crippen molar-refractivity contribution in [1.29, 1.82) is 0 Å². The Morgan fingerprint density at radius 1 is 1.15 bits per heavy atom. The van der Waals surface area contributed by atoms with Gasteiger partial charge in [-0.25, -0.2) is 19.7 Å². The van der Waals surface area contributed by atoms with Crippen molar-refractivity contribution in [3.05, 3.63) is 59.7 Å². The summed E-state index contributed by atoms with van der Waals surface area (Å²) in [6.07, 6.45) is 4.23. The van der Waals surface area contributed by atoms with E-state index in [4.69, 9.17) is 4.99 Å². The largest absolute Gasteiger partial charge is 0.335 e. The molecular formula is C24H26N8O. The molecule has 0 saturated heterocycles. The molecule has 0 spiro atoms. The van der Waals surface area contributed by atoms with Crippen LogP contribution in [0, 0.1) is 0 Å². The van der Waals surface area contributed by atoms with E-state index in [2.05, 4.69) is 63.7 Å². The maximum absolute atomic E-state index is 13.3. The number of anilines is 1. The topological polar surface area (TPSA) is 100 Å². The van der Waals surface area contributed by atoms with E-state index in [0.717, 1.165) is 23.5 Å². The van der Waals surface area contributed by atoms with Gasteiger partial charge >= 0.3 is 6.03 Å². The van der Waals surface area contributed by atoms with Gasteiger partial charge in [-0.3, -0.25) is 4.99 Å². The lowest BCUT2D eigenvalue weighted by Gasteiger charge is -2.34. The summed E-state index contributed by atoms with van der Waals surface area (Å²) in [7, 11) is 1.90. The second kappa shape index (κ2) is 7.13. The number of carbonyl (C=O) groups is 1. The van der Waals surface area contributed by atoms with Crippen molar-refractivity contribution in [3.8, 4) is 0 Å². The van der Waals surface area contributed by atoms with E-state index in [9.17, 15) is 4.79 Å². The predicted octanol–water partition coefficient (Wildman–Crippen LogP) is 2.84. The fraction of sp³-hybridized carbons (Fsp3) is 0.375. The number of rotatable bonds is 3. The molecule has 0 radical (unpaired) electrons. The van der Waals surface area contributed by atoms with E-state index in [0.29, 0.717) is 30.3 Å². The van der Waals surface area contributed by atoms with Crippen LogP contribution in [0.15, 0.2) is 59.1 Å². The van der Waals surface area contributed by atoms with Crippen LogP contribution < -0.4 is 10.6 Å². The molecule has 1 fully saturated rings. The lowest BCUT2D eigenvalue weighted by atomic mass is 9.94. The van der Waals surface area contributed by atoms with Gasteiger partial charge < -0.3 is 20.1 Å². The van der Waals surface area contributed by atoms with Crippen molar-refractivity contribution in [2.24, 2.45) is 12.0 Å². The van der Waals surface area contributed by atoms with Gasteiger partial charge in [0.1, 0.15) is 12.2 Å². The molecular weight excluding hydrogens is 416 g/mol. The van der Waals surface area contributed by atoms with E-state index >= 15 is 0 Å². The summed E-state index contributed by atoms with van der Waals surface area (Å²) >= 11 is 0. The van der Waals surface area contributed by atoms with Crippen molar-refractivity contribution in [2.75, 3.05) is 18.4 Å². The predicted molar refractivity (Wildman–Crippen MR) is 126 cm³/mol. The number of hydrogen-bond donors (Lipinski definition) is 2. The number of fused-ring (bicyclic) bond motifs is 1. The first-order valence-corrected chi connectivity index (χ1v) is 11.2. The molecule has 0 unspecified atom stereocenters. The molecule has 1 saturated carbocycles. The zero-order chi connectivity index (χ0) is 22.7. The Morgan fingerprint density at radius 3 is 2.79 bits per heavy atom. The summed E-state index contributed by atoms with van der Waals surface area (Å²) in [6.45, 7) is 5.27. The Kier molecular flexibility index (Phi) is 4.30. The molecule has 33 heavy (non-hydrogen) atoms. The molecule has 9 nitrogen and oxygen atoms in total. The molecule has 168 valence electrons. The summed E-state index contributed by atoms with van der Waals surface area (Å²) in [5, 5.41) is 6.60. The normalized spacial score (nSPS) is 23.0. The van der Waals surface area contributed by atoms with Gasteiger partial charge in [-0.2, -0.15) is 0 Å². The van der Waals surface area contributed by atoms with Gasteiger partial charge in [0.2, 0.25) is 0 Å². The fourth-order valence-electron chi connectivity index (χ4n) is 4.99. The molecule has 9 heteroatoms. The lowest BCUT2D eigenvalue weighted by molar-refractivity contribution is 0.170. The molecule has 0 bridgehead atoms. The SMILES string of the molecule is Cn1cnc2c(NC3=NCC4=C3CN(C(=O)N[C@@H]3C[C@H]3c3ccccc3)C4(C)C)ncnc21. The average Bonchev–Trinajstić information content (AvgIpc) is 3.14. The first kappa shape index (κ1) is 19.9. The summed E-state index contributed by atoms with van der Waals surface area (Å²) in [5.74, 6) is 1.78. The monoisotopic (exact) mass is 442 g/mol. The maximum atomic E-state index is 13.3. The van der Waals surface area contributed by atoms with Crippen molar-refractivity contribution in [2.45, 2.75) is 37.8 Å². The molecule has 2 aromatic heterocycles. The molecule has 2 atom stereocenters. The Labute approximate surface area is 191 Å². The summed E-state index contributed by atoms with van der Waals surface area (Å²) < 4.78 is 1.86. The molecule has 6 rings (SSSR count). The average molecular weight is 443 g/mol. The second-order valence-corrected chi connectivity index (χ2v) is 9.45. The number of hydrogen-bond acceptors (Lipinski definition) is 6. The Balaban J connectivity index is 1.17. The number of benzene rings is 1. The molecule has 1 aliphatic carbocycles. The highest BCUT2D eigenvalue weighted by atomic mass is 16.2. The molecule has 4 heterocycles. The van der Waals surface area contributed by atoms with E-state index in [1.165, 1.54) is 17.5 Å². The van der Waals surface area contributed by atoms with Gasteiger partial charge in [-0.05, 0) is 31.4 Å². The quantitative estimate of drug-likeness (QED) is 0.650. The zero-order valence-corrected chi connectivity index (χ0v) is 18.9. The first-order chi connectivity index (χ1) is 15.9. The number of amidine groups is 1. The number of aryl methyl sites for hydroxylation is 1. The van der Waals surface area contributed by atoms with Crippen LogP contribution in [0.2, 0.25) is 0 Å². The van der Waals surface area contributed by atoms with Crippen LogP contribution in [0.4, 0.5) is 10.6 Å². The standard InChI is InChI=1S/C24H26N8O/c1-24(2)17-10-25-20(30-21-19-22(27-12-26-21)31(3)13-28-19)16(17)11-32(24)23(33)29-18-9-15(18)14-7-5-4-6-8-14/h4-8,12-13,15,18H,9-11H2,1-3H3,(H,29,33)(H,25,26,27,30)/t15-,18+/m0/s1. The minimum atomic E-state index is -0.407. The molecule has 2 aliphatic heterocycles. The third kappa shape index (κ3) is 3.18. The highest BCUT2D eigenvalue weighted by molar-refractivity contribution is 6.13. The number of urea groups is 1. The van der Waals surface area contributed by atoms with Crippen molar-refractivity contribution in [1.82, 2.24) is 29.7 Å². The van der Waals surface area contributed by atoms with Gasteiger partial charge in [0.05, 0.1) is 25.0 Å². The fourth-order valence-corrected chi connectivity index (χ4v) is 4.99. The van der Waals surface area contributed by atoms with Crippen LogP contribution in [-0.4, -0.2) is 61.0 Å². The number of nitrogens with zero attached hydrogens (tertiary/aromatic N) is 6. The number of aromatic nitrogens is 4. The minimum absolute atomic E-state index is 0.0219. The highest BCUT2D eigenvalue weighted by Crippen LogP contribution is 2.42. The third-order valence-corrected chi connectivity index (χ3v) is 7.08. The van der Waals surface area contributed by atoms with Gasteiger partial charge in [-0.1, -0.05) is 30.3 Å². The highest BCUT2D eigenvalue weighted by Gasteiger charge is 2.47. The third-order valence-electron chi connectivity index (χ3n) is 7.08. The van der Waals surface area contributed by atoms with Gasteiger partial charge in [0.15, 0.2) is 17.0 Å². The van der Waals surface area contributed by atoms with Crippen LogP contribution in [0.1, 0.15) is 31.7 Å². The van der Waals surface area contributed by atoms with Crippen molar-refractivity contribution >= 4 is 28.8 Å². The van der Waals surface area contributed by atoms with Crippen LogP contribution in [0.25, 0.3) is 11.2 Å². The number of aliphatic imine (C=N–C) groups is 1. The smallest absolute Gasteiger partial charge is 0.318 e. The first-order valence-electron chi connectivity index (χ1n) is 11.2. The molecule has 3 aromatic rings. The Morgan fingerprint density at radius 2 is 1.97 bits per heavy atom. The zero-order valence-electron chi connectivity index (χ0n) is 18.9. The number of nitrogens with one attached hydrogen (secondary N) is 2. The van der Waals surface area contributed by atoms with Gasteiger partial charge in [0, 0.05) is 24.6 Å². The summed E-state index contributed by atoms with van der Waals surface area (Å²) in [6, 6.07) is 10.6. The van der Waals surface area contributed by atoms with Crippen LogP contribution in [0.5, 0.6) is 0 Å². The minimum Gasteiger partial charge on any atom is -0.335 e. The number of amides is 2. The van der Waals surface area contributed by atoms with E-state index < -0.39 is 5.54 Å². The van der Waals surface area contributed by atoms with Crippen LogP contribution in [0.3, 0.4) is 0 Å². The summed E-state index contributed by atoms with van der Waals surface area (Å²) in [5.41, 5.74) is 4.56. The van der Waals surface area contributed by atoms with Gasteiger partial charge in [-0.15, -0.1) is 0 Å². The second-order valence-electron chi connectivity index (χ2n) is 9.45.